The van der Waals surface area contributed by atoms with Gasteiger partial charge in [0.25, 0.3) is 23.7 Å². The van der Waals surface area contributed by atoms with E-state index < -0.39 is 55.9 Å². The molecule has 2 atom stereocenters. The number of alkyl halides is 4. The topological polar surface area (TPSA) is 135 Å². The second-order valence-corrected chi connectivity index (χ2v) is 17.1. The summed E-state index contributed by atoms with van der Waals surface area (Å²) in [5, 5.41) is 17.0. The average molecular weight is 969 g/mol. The molecule has 2 saturated heterocycles. The Labute approximate surface area is 367 Å². The molecule has 0 spiro atoms. The van der Waals surface area contributed by atoms with E-state index in [0.29, 0.717) is 44.6 Å². The Hall–Kier alpha value is -6.15. The van der Waals surface area contributed by atoms with Crippen molar-refractivity contribution in [3.63, 3.8) is 0 Å². The van der Waals surface area contributed by atoms with Crippen molar-refractivity contribution in [2.24, 2.45) is 0 Å². The van der Waals surface area contributed by atoms with Gasteiger partial charge in [-0.05, 0) is 96.1 Å². The summed E-state index contributed by atoms with van der Waals surface area (Å²) in [4.78, 5) is 35.8. The van der Waals surface area contributed by atoms with Crippen LogP contribution in [0.25, 0.3) is 33.7 Å². The van der Waals surface area contributed by atoms with Crippen LogP contribution in [-0.4, -0.2) is 93.1 Å². The number of ketones is 1. The predicted molar refractivity (Wildman–Crippen MR) is 232 cm³/mol. The van der Waals surface area contributed by atoms with Gasteiger partial charge in [-0.2, -0.15) is 20.2 Å². The van der Waals surface area contributed by atoms with Crippen molar-refractivity contribution in [2.75, 3.05) is 36.8 Å². The molecule has 0 aliphatic carbocycles. The Bertz CT molecular complexity index is 2770. The first-order chi connectivity index (χ1) is 29.8. The Morgan fingerprint density at radius 1 is 0.581 bits per heavy atom. The Morgan fingerprint density at radius 3 is 1.37 bits per heavy atom. The number of halogens is 6. The minimum Gasteiger partial charge on any atom is -0.340 e. The Morgan fingerprint density at radius 2 is 0.984 bits per heavy atom. The highest BCUT2D eigenvalue weighted by Gasteiger charge is 2.53. The van der Waals surface area contributed by atoms with Crippen molar-refractivity contribution >= 4 is 82.5 Å². The first-order valence-corrected chi connectivity index (χ1v) is 20.9. The van der Waals surface area contributed by atoms with Crippen LogP contribution >= 0.6 is 31.9 Å². The smallest absolute Gasteiger partial charge is 0.273 e. The molecular weight excluding hydrogens is 936 g/mol. The summed E-state index contributed by atoms with van der Waals surface area (Å²) in [6, 6.07) is 26.4. The normalized spacial score (nSPS) is 17.0. The number of carbonyl (C=O) groups is 1. The second kappa shape index (κ2) is 15.6. The number of hydrogen-bond donors (Lipinski definition) is 2. The summed E-state index contributed by atoms with van der Waals surface area (Å²) < 4.78 is 63.1. The fourth-order valence-corrected chi connectivity index (χ4v) is 8.30. The number of carbonyl (C=O) groups excluding carboxylic acids is 1. The standard InChI is InChI=1S/C43H32Br2F4N12O/c44-29-3-7-31(8-4-29)52-35-13-15-50-40(54-35)60-19-27-17-25(1-11-33(27)56-60)37(58-21-42(46,47)22-58)39(62)38(59-23-43(48,49)24-59)26-2-12-34-28(18-26)20-61(57-34)41-51-16-14-36(55-41)53-32-9-5-30(45)6-10-32/h1-20,37-38H,21-24H2,(H,50,52,54)(H,51,53,55). The molecule has 312 valence electrons. The molecule has 0 amide bonds. The van der Waals surface area contributed by atoms with E-state index >= 15 is 0 Å². The minimum atomic E-state index is -3.01. The minimum absolute atomic E-state index is 0.272. The summed E-state index contributed by atoms with van der Waals surface area (Å²) >= 11 is 6.87. The van der Waals surface area contributed by atoms with Gasteiger partial charge < -0.3 is 10.6 Å². The second-order valence-electron chi connectivity index (χ2n) is 15.3. The first kappa shape index (κ1) is 40.0. The van der Waals surface area contributed by atoms with E-state index in [4.69, 9.17) is 0 Å². The molecule has 2 fully saturated rings. The summed E-state index contributed by atoms with van der Waals surface area (Å²) in [5.74, 6) is -4.94. The first-order valence-electron chi connectivity index (χ1n) is 19.3. The Kier molecular flexibility index (Phi) is 10.1. The number of nitrogens with one attached hydrogen (secondary N) is 2. The summed E-state index contributed by atoms with van der Waals surface area (Å²) in [5.41, 5.74) is 3.57. The van der Waals surface area contributed by atoms with Crippen LogP contribution in [0.3, 0.4) is 0 Å². The number of rotatable bonds is 12. The van der Waals surface area contributed by atoms with E-state index in [2.05, 4.69) is 72.6 Å². The number of nitrogens with zero attached hydrogens (tertiary/aromatic N) is 10. The molecule has 0 saturated carbocycles. The van der Waals surface area contributed by atoms with Gasteiger partial charge in [-0.3, -0.25) is 14.6 Å². The van der Waals surface area contributed by atoms with Gasteiger partial charge >= 0.3 is 0 Å². The van der Waals surface area contributed by atoms with E-state index in [1.54, 1.807) is 73.3 Å². The number of Topliss-reactive ketones (excluding diaryl/α,β-unsaturated/α-hetero) is 1. The molecule has 62 heavy (non-hydrogen) atoms. The fraction of sp³-hybridized carbons (Fsp3) is 0.186. The molecule has 2 aliphatic rings. The largest absolute Gasteiger partial charge is 0.340 e. The quantitative estimate of drug-likeness (QED) is 0.114. The van der Waals surface area contributed by atoms with E-state index in [0.717, 1.165) is 20.3 Å². The van der Waals surface area contributed by atoms with Crippen molar-refractivity contribution in [2.45, 2.75) is 23.9 Å². The van der Waals surface area contributed by atoms with Crippen molar-refractivity contribution in [1.29, 1.82) is 0 Å². The predicted octanol–water partition coefficient (Wildman–Crippen LogP) is 9.21. The maximum atomic E-state index is 15.0. The molecule has 0 radical (unpaired) electrons. The zero-order valence-electron chi connectivity index (χ0n) is 32.2. The maximum absolute atomic E-state index is 15.0. The highest BCUT2D eigenvalue weighted by atomic mass is 79.9. The van der Waals surface area contributed by atoms with Gasteiger partial charge in [-0.15, -0.1) is 0 Å². The van der Waals surface area contributed by atoms with Crippen molar-refractivity contribution in [3.8, 4) is 11.9 Å². The maximum Gasteiger partial charge on any atom is 0.273 e. The van der Waals surface area contributed by atoms with Crippen molar-refractivity contribution < 1.29 is 22.4 Å². The van der Waals surface area contributed by atoms with Crippen LogP contribution in [0.5, 0.6) is 0 Å². The van der Waals surface area contributed by atoms with E-state index in [1.807, 2.05) is 48.5 Å². The molecule has 4 aromatic heterocycles. The number of anilines is 4. The molecule has 19 heteroatoms. The third-order valence-corrected chi connectivity index (χ3v) is 11.7. The highest BCUT2D eigenvalue weighted by Crippen LogP contribution is 2.43. The Balaban J connectivity index is 0.964. The summed E-state index contributed by atoms with van der Waals surface area (Å²) in [7, 11) is 0. The molecular formula is C43H32Br2F4N12O. The van der Waals surface area contributed by atoms with Gasteiger partial charge in [-0.25, -0.2) is 36.9 Å². The molecule has 2 aliphatic heterocycles. The van der Waals surface area contributed by atoms with E-state index in [-0.39, 0.29) is 11.9 Å². The SMILES string of the molecule is O=C(C(c1ccc2nn(-c3nccc(Nc4ccc(Br)cc4)n3)cc2c1)N1CC(F)(F)C1)C(c1ccc2nn(-c3nccc(Nc4ccc(Br)cc4)n3)cc2c1)N1CC(F)(F)C1. The molecule has 0 bridgehead atoms. The number of fused-ring (bicyclic) bond motifs is 2. The van der Waals surface area contributed by atoms with Crippen LogP contribution in [0, 0.1) is 0 Å². The van der Waals surface area contributed by atoms with Crippen LogP contribution in [0.2, 0.25) is 0 Å². The van der Waals surface area contributed by atoms with Gasteiger partial charge in [0, 0.05) is 55.9 Å². The van der Waals surface area contributed by atoms with E-state index in [1.165, 1.54) is 19.2 Å². The molecule has 13 nitrogen and oxygen atoms in total. The average Bonchev–Trinajstić information content (AvgIpc) is 3.86. The number of hydrogen-bond acceptors (Lipinski definition) is 11. The van der Waals surface area contributed by atoms with E-state index in [9.17, 15) is 22.4 Å². The van der Waals surface area contributed by atoms with Crippen LogP contribution in [0.15, 0.2) is 131 Å². The molecule has 10 rings (SSSR count). The van der Waals surface area contributed by atoms with Crippen molar-refractivity contribution in [1.82, 2.24) is 49.3 Å². The van der Waals surface area contributed by atoms with Gasteiger partial charge in [0.1, 0.15) is 11.6 Å². The van der Waals surface area contributed by atoms with Crippen LogP contribution < -0.4 is 10.6 Å². The molecule has 2 N–H and O–H groups in total. The van der Waals surface area contributed by atoms with Gasteiger partial charge in [0.05, 0.1) is 49.3 Å². The fourth-order valence-electron chi connectivity index (χ4n) is 7.77. The third-order valence-electron chi connectivity index (χ3n) is 10.6. The van der Waals surface area contributed by atoms with Gasteiger partial charge in [0.2, 0.25) is 0 Å². The summed E-state index contributed by atoms with van der Waals surface area (Å²) in [6.07, 6.45) is 6.58. The number of likely N-dealkylation sites (tertiary alicyclic amines) is 2. The third kappa shape index (κ3) is 8.15. The number of aromatic nitrogens is 8. The summed E-state index contributed by atoms with van der Waals surface area (Å²) in [6.45, 7) is -2.68. The highest BCUT2D eigenvalue weighted by molar-refractivity contribution is 9.10. The van der Waals surface area contributed by atoms with Crippen LogP contribution in [0.4, 0.5) is 40.6 Å². The molecule has 4 aromatic carbocycles. The lowest BCUT2D eigenvalue weighted by Gasteiger charge is -2.47. The molecule has 6 heterocycles. The molecule has 8 aromatic rings. The lowest BCUT2D eigenvalue weighted by Crippen LogP contribution is -2.62. The lowest BCUT2D eigenvalue weighted by molar-refractivity contribution is -0.173. The zero-order valence-corrected chi connectivity index (χ0v) is 35.4. The van der Waals surface area contributed by atoms with Crippen LogP contribution in [-0.2, 0) is 4.79 Å². The van der Waals surface area contributed by atoms with Gasteiger partial charge in [-0.1, -0.05) is 44.0 Å². The van der Waals surface area contributed by atoms with Gasteiger partial charge in [0.15, 0.2) is 5.78 Å². The molecule has 2 unspecified atom stereocenters. The zero-order chi connectivity index (χ0) is 42.8. The lowest BCUT2D eigenvalue weighted by atomic mass is 9.87. The van der Waals surface area contributed by atoms with Crippen molar-refractivity contribution in [3.05, 3.63) is 142 Å². The van der Waals surface area contributed by atoms with Crippen LogP contribution in [0.1, 0.15) is 23.2 Å². The number of benzene rings is 4. The monoisotopic (exact) mass is 966 g/mol.